The summed E-state index contributed by atoms with van der Waals surface area (Å²) in [6, 6.07) is 2.41. The van der Waals surface area contributed by atoms with E-state index in [2.05, 4.69) is 20.4 Å². The van der Waals surface area contributed by atoms with Crippen molar-refractivity contribution in [1.29, 1.82) is 0 Å². The molecule has 192 valence electrons. The van der Waals surface area contributed by atoms with Crippen LogP contribution in [0, 0.1) is 23.1 Å². The molecule has 3 unspecified atom stereocenters. The highest BCUT2D eigenvalue weighted by Crippen LogP contribution is 2.48. The van der Waals surface area contributed by atoms with Gasteiger partial charge in [0, 0.05) is 18.0 Å². The first-order valence-electron chi connectivity index (χ1n) is 13.2. The van der Waals surface area contributed by atoms with Gasteiger partial charge in [-0.2, -0.15) is 0 Å². The van der Waals surface area contributed by atoms with Gasteiger partial charge in [-0.25, -0.2) is 9.18 Å². The number of allylic oxidation sites excluding steroid dienone is 1. The number of ether oxygens (including phenoxy) is 2. The number of carbonyl (C=O) groups excluding carboxylic acids is 2. The van der Waals surface area contributed by atoms with E-state index in [0.717, 1.165) is 50.5 Å². The van der Waals surface area contributed by atoms with Crippen molar-refractivity contribution in [3.8, 4) is 5.75 Å². The first kappa shape index (κ1) is 25.7. The molecule has 1 aromatic carbocycles. The number of hydrogen-bond acceptors (Lipinski definition) is 4. The van der Waals surface area contributed by atoms with Crippen LogP contribution in [-0.2, 0) is 9.53 Å². The predicted molar refractivity (Wildman–Crippen MR) is 134 cm³/mol. The van der Waals surface area contributed by atoms with Crippen molar-refractivity contribution in [2.75, 3.05) is 20.3 Å². The highest BCUT2D eigenvalue weighted by molar-refractivity contribution is 5.98. The summed E-state index contributed by atoms with van der Waals surface area (Å²) in [4.78, 5) is 27.4. The molecule has 5 nitrogen and oxygen atoms in total. The van der Waals surface area contributed by atoms with Crippen LogP contribution >= 0.6 is 0 Å². The SMILES string of the molecule is C=C1CC(C)CC(CC)(COc2cc(F)c(C(=O)N3CCC(CC)[C@H]3C(=O)OC)cc2C2CC2)C1. The molecule has 1 aliphatic heterocycles. The maximum absolute atomic E-state index is 15.4. The lowest BCUT2D eigenvalue weighted by atomic mass is 9.67. The smallest absolute Gasteiger partial charge is 0.328 e. The monoisotopic (exact) mass is 485 g/mol. The molecule has 3 aliphatic rings. The second kappa shape index (κ2) is 10.3. The van der Waals surface area contributed by atoms with E-state index < -0.39 is 23.7 Å². The Bertz CT molecular complexity index is 987. The molecule has 2 saturated carbocycles. The number of amides is 1. The van der Waals surface area contributed by atoms with Crippen molar-refractivity contribution in [2.24, 2.45) is 17.3 Å². The Morgan fingerprint density at radius 2 is 1.97 bits per heavy atom. The van der Waals surface area contributed by atoms with Crippen LogP contribution in [-0.4, -0.2) is 43.1 Å². The zero-order valence-corrected chi connectivity index (χ0v) is 21.7. The molecule has 4 rings (SSSR count). The second-order valence-corrected chi connectivity index (χ2v) is 11.2. The van der Waals surface area contributed by atoms with Crippen LogP contribution in [0.15, 0.2) is 24.3 Å². The zero-order chi connectivity index (χ0) is 25.3. The van der Waals surface area contributed by atoms with E-state index in [1.165, 1.54) is 23.6 Å². The fourth-order valence-electron chi connectivity index (χ4n) is 6.37. The van der Waals surface area contributed by atoms with Gasteiger partial charge in [-0.15, -0.1) is 0 Å². The minimum Gasteiger partial charge on any atom is -0.493 e. The highest BCUT2D eigenvalue weighted by Gasteiger charge is 2.43. The summed E-state index contributed by atoms with van der Waals surface area (Å²) in [5.41, 5.74) is 2.21. The third-order valence-electron chi connectivity index (χ3n) is 8.43. The topological polar surface area (TPSA) is 55.8 Å². The number of nitrogens with zero attached hydrogens (tertiary/aromatic N) is 1. The first-order chi connectivity index (χ1) is 16.7. The highest BCUT2D eigenvalue weighted by atomic mass is 19.1. The van der Waals surface area contributed by atoms with Gasteiger partial charge in [0.15, 0.2) is 0 Å². The molecular weight excluding hydrogens is 445 g/mol. The van der Waals surface area contributed by atoms with Gasteiger partial charge in [0.1, 0.15) is 17.6 Å². The molecule has 2 aliphatic carbocycles. The molecule has 1 aromatic rings. The standard InChI is InChI=1S/C29H40FNO4/c1-6-20-10-11-31(26(20)28(33)34-5)27(32)23-13-22(21-8-9-21)25(14-24(23)30)35-17-29(7-2)15-18(3)12-19(4)16-29/h13-14,19-21,26H,3,6-12,15-17H2,1-2,4-5H3/t19?,20?,26-,29?/m0/s1. The minimum absolute atomic E-state index is 0.0129. The molecule has 6 heteroatoms. The van der Waals surface area contributed by atoms with Crippen molar-refractivity contribution < 1.29 is 23.5 Å². The normalized spacial score (nSPS) is 28.8. The van der Waals surface area contributed by atoms with Crippen molar-refractivity contribution in [1.82, 2.24) is 4.90 Å². The summed E-state index contributed by atoms with van der Waals surface area (Å²) >= 11 is 0. The Labute approximate surface area is 209 Å². The summed E-state index contributed by atoms with van der Waals surface area (Å²) in [7, 11) is 1.33. The number of hydrogen-bond donors (Lipinski definition) is 0. The number of benzene rings is 1. The average molecular weight is 486 g/mol. The summed E-state index contributed by atoms with van der Waals surface area (Å²) in [6.07, 6.45) is 7.54. The maximum atomic E-state index is 15.4. The Hall–Kier alpha value is -2.37. The molecule has 3 fully saturated rings. The van der Waals surface area contributed by atoms with Crippen molar-refractivity contribution in [2.45, 2.75) is 84.1 Å². The molecule has 0 spiro atoms. The number of esters is 1. The Kier molecular flexibility index (Phi) is 7.58. The molecule has 1 saturated heterocycles. The number of halogens is 1. The molecule has 1 amide bonds. The zero-order valence-electron chi connectivity index (χ0n) is 21.7. The summed E-state index contributed by atoms with van der Waals surface area (Å²) < 4.78 is 26.7. The fourth-order valence-corrected chi connectivity index (χ4v) is 6.37. The van der Waals surface area contributed by atoms with Crippen LogP contribution in [0.5, 0.6) is 5.75 Å². The van der Waals surface area contributed by atoms with E-state index in [4.69, 9.17) is 9.47 Å². The molecule has 0 N–H and O–H groups in total. The quantitative estimate of drug-likeness (QED) is 0.322. The van der Waals surface area contributed by atoms with Crippen LogP contribution in [0.2, 0.25) is 0 Å². The van der Waals surface area contributed by atoms with Crippen LogP contribution in [0.1, 0.15) is 94.0 Å². The number of carbonyl (C=O) groups is 2. The molecule has 4 atom stereocenters. The number of rotatable bonds is 8. The van der Waals surface area contributed by atoms with Gasteiger partial charge in [0.25, 0.3) is 5.91 Å². The summed E-state index contributed by atoms with van der Waals surface area (Å²) in [5, 5.41) is 0. The Morgan fingerprint density at radius 3 is 2.57 bits per heavy atom. The van der Waals surface area contributed by atoms with Gasteiger partial charge in [-0.3, -0.25) is 4.79 Å². The lowest BCUT2D eigenvalue weighted by Crippen LogP contribution is -2.44. The van der Waals surface area contributed by atoms with E-state index in [1.54, 1.807) is 6.07 Å². The van der Waals surface area contributed by atoms with Gasteiger partial charge in [0.05, 0.1) is 19.3 Å². The third kappa shape index (κ3) is 5.26. The Morgan fingerprint density at radius 1 is 1.23 bits per heavy atom. The van der Waals surface area contributed by atoms with Gasteiger partial charge in [0.2, 0.25) is 0 Å². The summed E-state index contributed by atoms with van der Waals surface area (Å²) in [6.45, 7) is 11.6. The summed E-state index contributed by atoms with van der Waals surface area (Å²) in [5.74, 6) is -0.0373. The van der Waals surface area contributed by atoms with Crippen molar-refractivity contribution >= 4 is 11.9 Å². The molecule has 1 heterocycles. The van der Waals surface area contributed by atoms with E-state index in [9.17, 15) is 9.59 Å². The third-order valence-corrected chi connectivity index (χ3v) is 8.43. The molecule has 0 bridgehead atoms. The van der Waals surface area contributed by atoms with E-state index >= 15 is 4.39 Å². The van der Waals surface area contributed by atoms with E-state index in [1.807, 2.05) is 6.92 Å². The second-order valence-electron chi connectivity index (χ2n) is 11.2. The lowest BCUT2D eigenvalue weighted by Gasteiger charge is -2.40. The molecule has 35 heavy (non-hydrogen) atoms. The van der Waals surface area contributed by atoms with Gasteiger partial charge < -0.3 is 14.4 Å². The van der Waals surface area contributed by atoms with Crippen LogP contribution in [0.4, 0.5) is 4.39 Å². The fraction of sp³-hybridized carbons (Fsp3) is 0.655. The number of likely N-dealkylation sites (tertiary alicyclic amines) is 1. The van der Waals surface area contributed by atoms with Crippen molar-refractivity contribution in [3.05, 3.63) is 41.2 Å². The Balaban J connectivity index is 1.59. The largest absolute Gasteiger partial charge is 0.493 e. The number of methoxy groups -OCH3 is 1. The molecular formula is C29H40FNO4. The van der Waals surface area contributed by atoms with E-state index in [0.29, 0.717) is 31.2 Å². The molecule has 0 aromatic heterocycles. The van der Waals surface area contributed by atoms with Crippen molar-refractivity contribution in [3.63, 3.8) is 0 Å². The van der Waals surface area contributed by atoms with Crippen LogP contribution < -0.4 is 4.74 Å². The lowest BCUT2D eigenvalue weighted by molar-refractivity contribution is -0.146. The molecule has 0 radical (unpaired) electrons. The van der Waals surface area contributed by atoms with E-state index in [-0.39, 0.29) is 22.8 Å². The first-order valence-corrected chi connectivity index (χ1v) is 13.2. The van der Waals surface area contributed by atoms with Crippen LogP contribution in [0.3, 0.4) is 0 Å². The minimum atomic E-state index is -0.664. The average Bonchev–Trinajstić information content (AvgIpc) is 3.59. The van der Waals surface area contributed by atoms with Gasteiger partial charge in [-0.05, 0) is 74.3 Å². The van der Waals surface area contributed by atoms with Crippen LogP contribution in [0.25, 0.3) is 0 Å². The predicted octanol–water partition coefficient (Wildman–Crippen LogP) is 6.27. The maximum Gasteiger partial charge on any atom is 0.328 e. The van der Waals surface area contributed by atoms with Gasteiger partial charge in [-0.1, -0.05) is 39.3 Å². The van der Waals surface area contributed by atoms with Gasteiger partial charge >= 0.3 is 5.97 Å².